The van der Waals surface area contributed by atoms with Crippen molar-refractivity contribution in [2.45, 2.75) is 25.4 Å². The number of carbonyl (C=O) groups is 2. The number of ether oxygens (including phenoxy) is 2. The van der Waals surface area contributed by atoms with Crippen LogP contribution in [0, 0.1) is 10.1 Å². The summed E-state index contributed by atoms with van der Waals surface area (Å²) in [5.74, 6) is -1.02. The van der Waals surface area contributed by atoms with E-state index in [2.05, 4.69) is 0 Å². The topological polar surface area (TPSA) is 95.7 Å². The van der Waals surface area contributed by atoms with Gasteiger partial charge in [-0.05, 0) is 24.5 Å². The maximum Gasteiger partial charge on any atom is 0.313 e. The Morgan fingerprint density at radius 1 is 1.43 bits per heavy atom. The Morgan fingerprint density at radius 2 is 2.26 bits per heavy atom. The predicted octanol–water partition coefficient (Wildman–Crippen LogP) is 2.29. The number of ketones is 1. The number of nitrogens with zero attached hydrogens (tertiary/aromatic N) is 1. The van der Waals surface area contributed by atoms with E-state index in [1.54, 1.807) is 6.07 Å². The van der Waals surface area contributed by atoms with Crippen molar-refractivity contribution in [3.63, 3.8) is 0 Å². The number of carbonyl (C=O) groups excluding carboxylic acids is 2. The zero-order valence-electron chi connectivity index (χ0n) is 12.5. The van der Waals surface area contributed by atoms with Crippen LogP contribution in [0.4, 0.5) is 5.69 Å². The molecule has 1 aromatic rings. The molecule has 1 atom stereocenters. The van der Waals surface area contributed by atoms with Gasteiger partial charge in [0.25, 0.3) is 5.69 Å². The molecule has 1 fully saturated rings. The zero-order valence-corrected chi connectivity index (χ0v) is 12.5. The molecule has 0 bridgehead atoms. The monoisotopic (exact) mass is 319 g/mol. The van der Waals surface area contributed by atoms with Crippen LogP contribution in [0.1, 0.15) is 24.8 Å². The number of rotatable bonds is 7. The highest BCUT2D eigenvalue weighted by Gasteiger charge is 2.18. The quantitative estimate of drug-likeness (QED) is 0.251. The average Bonchev–Trinajstić information content (AvgIpc) is 3.04. The highest BCUT2D eigenvalue weighted by molar-refractivity contribution is 6.03. The molecule has 0 radical (unpaired) electrons. The van der Waals surface area contributed by atoms with Crippen LogP contribution in [0.25, 0.3) is 6.08 Å². The molecule has 0 N–H and O–H groups in total. The number of hydrogen-bond acceptors (Lipinski definition) is 6. The van der Waals surface area contributed by atoms with E-state index in [1.165, 1.54) is 30.4 Å². The summed E-state index contributed by atoms with van der Waals surface area (Å²) >= 11 is 0. The Labute approximate surface area is 133 Å². The van der Waals surface area contributed by atoms with Crippen molar-refractivity contribution in [3.8, 4) is 0 Å². The number of esters is 1. The minimum atomic E-state index is -0.603. The van der Waals surface area contributed by atoms with Crippen molar-refractivity contribution >= 4 is 23.5 Å². The van der Waals surface area contributed by atoms with Gasteiger partial charge in [-0.2, -0.15) is 0 Å². The Kier molecular flexibility index (Phi) is 5.99. The van der Waals surface area contributed by atoms with Gasteiger partial charge in [0.2, 0.25) is 0 Å². The van der Waals surface area contributed by atoms with E-state index in [0.29, 0.717) is 12.2 Å². The number of non-ortho nitro benzene ring substituents is 1. The summed E-state index contributed by atoms with van der Waals surface area (Å²) in [4.78, 5) is 33.4. The highest BCUT2D eigenvalue weighted by Crippen LogP contribution is 2.14. The molecule has 0 saturated carbocycles. The Balaban J connectivity index is 1.80. The van der Waals surface area contributed by atoms with Crippen molar-refractivity contribution in [1.29, 1.82) is 0 Å². The van der Waals surface area contributed by atoms with Crippen LogP contribution in [0.3, 0.4) is 0 Å². The van der Waals surface area contributed by atoms with E-state index in [-0.39, 0.29) is 24.8 Å². The van der Waals surface area contributed by atoms with Crippen LogP contribution < -0.4 is 0 Å². The largest absolute Gasteiger partial charge is 0.463 e. The summed E-state index contributed by atoms with van der Waals surface area (Å²) in [5, 5.41) is 10.7. The second-order valence-electron chi connectivity index (χ2n) is 5.15. The first kappa shape index (κ1) is 16.8. The SMILES string of the molecule is O=C(C=Cc1cccc([N+](=O)[O-])c1)CC(=O)OCC1CCCO1. The van der Waals surface area contributed by atoms with Crippen LogP contribution >= 0.6 is 0 Å². The van der Waals surface area contributed by atoms with Crippen molar-refractivity contribution in [3.05, 3.63) is 46.0 Å². The molecule has 7 heteroatoms. The first-order valence-corrected chi connectivity index (χ1v) is 7.27. The van der Waals surface area contributed by atoms with Gasteiger partial charge >= 0.3 is 5.97 Å². The van der Waals surface area contributed by atoms with Gasteiger partial charge in [-0.25, -0.2) is 0 Å². The summed E-state index contributed by atoms with van der Waals surface area (Å²) < 4.78 is 10.3. The molecule has 1 unspecified atom stereocenters. The van der Waals surface area contributed by atoms with Gasteiger partial charge in [-0.15, -0.1) is 0 Å². The molecule has 1 aliphatic rings. The van der Waals surface area contributed by atoms with Crippen molar-refractivity contribution < 1.29 is 24.0 Å². The maximum absolute atomic E-state index is 11.7. The number of hydrogen-bond donors (Lipinski definition) is 0. The molecule has 1 saturated heterocycles. The summed E-state index contributed by atoms with van der Waals surface area (Å²) in [6.45, 7) is 0.841. The number of allylic oxidation sites excluding steroid dienone is 1. The molecule has 1 heterocycles. The molecular formula is C16H17NO6. The summed E-state index contributed by atoms with van der Waals surface area (Å²) in [5.41, 5.74) is 0.454. The minimum absolute atomic E-state index is 0.0597. The van der Waals surface area contributed by atoms with E-state index < -0.39 is 16.7 Å². The van der Waals surface area contributed by atoms with E-state index in [1.807, 2.05) is 0 Å². The first-order chi connectivity index (χ1) is 11.0. The lowest BCUT2D eigenvalue weighted by Gasteiger charge is -2.09. The minimum Gasteiger partial charge on any atom is -0.463 e. The van der Waals surface area contributed by atoms with Crippen molar-refractivity contribution in [1.82, 2.24) is 0 Å². The second kappa shape index (κ2) is 8.19. The number of benzene rings is 1. The first-order valence-electron chi connectivity index (χ1n) is 7.27. The Morgan fingerprint density at radius 3 is 2.96 bits per heavy atom. The lowest BCUT2D eigenvalue weighted by atomic mass is 10.1. The van der Waals surface area contributed by atoms with Crippen molar-refractivity contribution in [2.75, 3.05) is 13.2 Å². The zero-order chi connectivity index (χ0) is 16.7. The van der Waals surface area contributed by atoms with Gasteiger partial charge < -0.3 is 9.47 Å². The summed E-state index contributed by atoms with van der Waals surface area (Å²) in [6, 6.07) is 5.87. The molecule has 23 heavy (non-hydrogen) atoms. The molecule has 122 valence electrons. The Hall–Kier alpha value is -2.54. The molecule has 0 spiro atoms. The van der Waals surface area contributed by atoms with E-state index in [0.717, 1.165) is 12.8 Å². The molecule has 1 aromatic carbocycles. The molecule has 1 aliphatic heterocycles. The fourth-order valence-corrected chi connectivity index (χ4v) is 2.15. The van der Waals surface area contributed by atoms with Crippen molar-refractivity contribution in [2.24, 2.45) is 0 Å². The fourth-order valence-electron chi connectivity index (χ4n) is 2.15. The molecule has 7 nitrogen and oxygen atoms in total. The van der Waals surface area contributed by atoms with Crippen LogP contribution in [-0.2, 0) is 19.1 Å². The lowest BCUT2D eigenvalue weighted by Crippen LogP contribution is -2.19. The van der Waals surface area contributed by atoms with Gasteiger partial charge in [0.1, 0.15) is 13.0 Å². The smallest absolute Gasteiger partial charge is 0.313 e. The molecule has 0 amide bonds. The fraction of sp³-hybridized carbons (Fsp3) is 0.375. The third kappa shape index (κ3) is 5.63. The molecule has 2 rings (SSSR count). The third-order valence-electron chi connectivity index (χ3n) is 3.32. The molecule has 0 aromatic heterocycles. The highest BCUT2D eigenvalue weighted by atomic mass is 16.6. The van der Waals surface area contributed by atoms with Gasteiger partial charge in [-0.3, -0.25) is 19.7 Å². The standard InChI is InChI=1S/C16H17NO6/c18-14(10-16(19)23-11-15-5-2-8-22-15)7-6-12-3-1-4-13(9-12)17(20)21/h1,3-4,6-7,9,15H,2,5,8,10-11H2. The second-order valence-corrected chi connectivity index (χ2v) is 5.15. The van der Waals surface area contributed by atoms with Gasteiger partial charge in [0.15, 0.2) is 5.78 Å². The number of nitro groups is 1. The Bertz CT molecular complexity index is 619. The average molecular weight is 319 g/mol. The van der Waals surface area contributed by atoms with Crippen LogP contribution in [-0.4, -0.2) is 36.0 Å². The number of nitro benzene ring substituents is 1. The summed E-state index contributed by atoms with van der Waals surface area (Å²) in [7, 11) is 0. The summed E-state index contributed by atoms with van der Waals surface area (Å²) in [6.07, 6.45) is 4.02. The normalized spacial score (nSPS) is 17.3. The molecular weight excluding hydrogens is 302 g/mol. The third-order valence-corrected chi connectivity index (χ3v) is 3.32. The van der Waals surface area contributed by atoms with E-state index >= 15 is 0 Å². The lowest BCUT2D eigenvalue weighted by molar-refractivity contribution is -0.384. The molecule has 0 aliphatic carbocycles. The van der Waals surface area contributed by atoms with Crippen LogP contribution in [0.5, 0.6) is 0 Å². The predicted molar refractivity (Wildman–Crippen MR) is 81.7 cm³/mol. The van der Waals surface area contributed by atoms with Crippen LogP contribution in [0.15, 0.2) is 30.3 Å². The maximum atomic E-state index is 11.7. The van der Waals surface area contributed by atoms with E-state index in [9.17, 15) is 19.7 Å². The van der Waals surface area contributed by atoms with Gasteiger partial charge in [0.05, 0.1) is 11.0 Å². The van der Waals surface area contributed by atoms with Gasteiger partial charge in [0, 0.05) is 18.7 Å². The van der Waals surface area contributed by atoms with Gasteiger partial charge in [-0.1, -0.05) is 18.2 Å². The van der Waals surface area contributed by atoms with Crippen LogP contribution in [0.2, 0.25) is 0 Å². The van der Waals surface area contributed by atoms with E-state index in [4.69, 9.17) is 9.47 Å².